The largest absolute Gasteiger partial charge is 0.479 e. The van der Waals surface area contributed by atoms with Gasteiger partial charge in [0, 0.05) is 28.5 Å². The van der Waals surface area contributed by atoms with E-state index in [4.69, 9.17) is 16.3 Å². The summed E-state index contributed by atoms with van der Waals surface area (Å²) in [5, 5.41) is 12.6. The summed E-state index contributed by atoms with van der Waals surface area (Å²) >= 11 is 6.14. The van der Waals surface area contributed by atoms with Crippen molar-refractivity contribution in [3.63, 3.8) is 0 Å². The maximum absolute atomic E-state index is 12.4. The van der Waals surface area contributed by atoms with E-state index in [2.05, 4.69) is 9.97 Å². The third-order valence-electron chi connectivity index (χ3n) is 5.30. The molecule has 1 aromatic heterocycles. The molecule has 0 bridgehead atoms. The molecule has 4 rings (SSSR count). The van der Waals surface area contributed by atoms with E-state index in [-0.39, 0.29) is 0 Å². The zero-order valence-corrected chi connectivity index (χ0v) is 19.7. The van der Waals surface area contributed by atoms with E-state index >= 15 is 0 Å². The van der Waals surface area contributed by atoms with Gasteiger partial charge in [0.2, 0.25) is 0 Å². The van der Waals surface area contributed by atoms with Crippen LogP contribution in [0, 0.1) is 6.92 Å². The predicted octanol–water partition coefficient (Wildman–Crippen LogP) is 6.87. The van der Waals surface area contributed by atoms with Crippen LogP contribution in [-0.2, 0) is 9.53 Å². The maximum Gasteiger partial charge on any atom is 0.337 e. The topological polar surface area (TPSA) is 72.3 Å². The van der Waals surface area contributed by atoms with Crippen LogP contribution in [0.5, 0.6) is 0 Å². The fourth-order valence-corrected chi connectivity index (χ4v) is 4.13. The normalized spacial score (nSPS) is 12.6. The highest BCUT2D eigenvalue weighted by Crippen LogP contribution is 2.41. The molecule has 168 valence electrons. The molecule has 0 fully saturated rings. The Bertz CT molecular complexity index is 1310. The van der Waals surface area contributed by atoms with Crippen molar-refractivity contribution in [2.45, 2.75) is 39.4 Å². The third kappa shape index (κ3) is 4.90. The molecule has 0 aliphatic carbocycles. The third-order valence-corrected chi connectivity index (χ3v) is 5.55. The number of nitrogens with zero attached hydrogens (tertiary/aromatic N) is 2. The molecule has 0 saturated carbocycles. The van der Waals surface area contributed by atoms with Crippen molar-refractivity contribution in [3.8, 4) is 22.5 Å². The molecule has 0 spiro atoms. The first-order valence-corrected chi connectivity index (χ1v) is 11.0. The van der Waals surface area contributed by atoms with E-state index in [9.17, 15) is 9.90 Å². The van der Waals surface area contributed by atoms with Gasteiger partial charge in [-0.2, -0.15) is 0 Å². The van der Waals surface area contributed by atoms with Gasteiger partial charge in [-0.15, -0.1) is 0 Å². The number of rotatable bonds is 5. The molecule has 0 saturated heterocycles. The molecule has 0 aliphatic heterocycles. The summed E-state index contributed by atoms with van der Waals surface area (Å²) < 4.78 is 6.05. The van der Waals surface area contributed by atoms with Gasteiger partial charge in [0.1, 0.15) is 0 Å². The lowest BCUT2D eigenvalue weighted by molar-refractivity contribution is -0.160. The maximum atomic E-state index is 12.4. The van der Waals surface area contributed by atoms with Crippen LogP contribution >= 0.6 is 11.6 Å². The monoisotopic (exact) mass is 460 g/mol. The first-order valence-electron chi connectivity index (χ1n) is 10.7. The van der Waals surface area contributed by atoms with Gasteiger partial charge in [-0.05, 0) is 79.4 Å². The molecule has 0 aliphatic rings. The Balaban J connectivity index is 2.02. The summed E-state index contributed by atoms with van der Waals surface area (Å²) in [7, 11) is 0. The first kappa shape index (κ1) is 22.9. The van der Waals surface area contributed by atoms with Gasteiger partial charge in [0.05, 0.1) is 5.60 Å². The lowest BCUT2D eigenvalue weighted by Crippen LogP contribution is -2.28. The van der Waals surface area contributed by atoms with Crippen molar-refractivity contribution in [3.05, 3.63) is 83.1 Å². The fourth-order valence-electron chi connectivity index (χ4n) is 4.00. The van der Waals surface area contributed by atoms with E-state index in [1.165, 1.54) is 0 Å². The number of benzene rings is 3. The van der Waals surface area contributed by atoms with Crippen LogP contribution in [0.3, 0.4) is 0 Å². The van der Waals surface area contributed by atoms with Crippen LogP contribution in [0.2, 0.25) is 5.02 Å². The lowest BCUT2D eigenvalue weighted by Gasteiger charge is -2.28. The molecule has 4 aromatic rings. The Hall–Kier alpha value is -3.28. The van der Waals surface area contributed by atoms with Gasteiger partial charge in [-0.1, -0.05) is 41.9 Å². The second kappa shape index (κ2) is 8.93. The average Bonchev–Trinajstić information content (AvgIpc) is 2.77. The van der Waals surface area contributed by atoms with Crippen molar-refractivity contribution < 1.29 is 14.6 Å². The molecule has 5 nitrogen and oxygen atoms in total. The smallest absolute Gasteiger partial charge is 0.337 e. The average molecular weight is 461 g/mol. The number of ether oxygens (including phenoxy) is 1. The van der Waals surface area contributed by atoms with Gasteiger partial charge < -0.3 is 9.84 Å². The van der Waals surface area contributed by atoms with Crippen LogP contribution in [0.25, 0.3) is 33.3 Å². The summed E-state index contributed by atoms with van der Waals surface area (Å²) in [4.78, 5) is 21.1. The number of carboxylic acids is 1. The molecular formula is C27H25ClN2O3. The molecule has 0 amide bonds. The number of halogens is 1. The quantitative estimate of drug-likeness (QED) is 0.352. The van der Waals surface area contributed by atoms with E-state index in [1.807, 2.05) is 64.1 Å². The zero-order valence-electron chi connectivity index (χ0n) is 19.0. The molecule has 3 aromatic carbocycles. The summed E-state index contributed by atoms with van der Waals surface area (Å²) in [5.41, 5.74) is 3.40. The van der Waals surface area contributed by atoms with E-state index in [1.54, 1.807) is 30.6 Å². The standard InChI is InChI=1S/C27H25ClN2O3/c1-16-14-19-15-18(25-29-12-5-13-30-25)8-11-21(19)23(17-6-9-20(28)10-7-17)22(16)24(26(31)32)33-27(2,3)4/h5-15,24H,1-4H3,(H,31,32)/t24-/m0/s1. The summed E-state index contributed by atoms with van der Waals surface area (Å²) in [5.74, 6) is -0.398. The van der Waals surface area contributed by atoms with E-state index in [0.29, 0.717) is 16.4 Å². The predicted molar refractivity (Wildman–Crippen MR) is 131 cm³/mol. The highest BCUT2D eigenvalue weighted by molar-refractivity contribution is 6.30. The fraction of sp³-hybridized carbons (Fsp3) is 0.222. The molecule has 1 N–H and O–H groups in total. The second-order valence-electron chi connectivity index (χ2n) is 8.95. The van der Waals surface area contributed by atoms with Gasteiger partial charge in [0.15, 0.2) is 11.9 Å². The Morgan fingerprint density at radius 2 is 1.64 bits per heavy atom. The number of aromatic nitrogens is 2. The summed E-state index contributed by atoms with van der Waals surface area (Å²) in [6.07, 6.45) is 2.29. The minimum absolute atomic E-state index is 0.612. The Labute approximate surface area is 198 Å². The number of aliphatic carboxylic acids is 1. The molecule has 6 heteroatoms. The molecule has 33 heavy (non-hydrogen) atoms. The highest BCUT2D eigenvalue weighted by Gasteiger charge is 2.31. The molecule has 0 unspecified atom stereocenters. The Morgan fingerprint density at radius 3 is 2.24 bits per heavy atom. The number of carboxylic acid groups (broad SMARTS) is 1. The first-order chi connectivity index (χ1) is 15.6. The number of hydrogen-bond donors (Lipinski definition) is 1. The lowest BCUT2D eigenvalue weighted by atomic mass is 9.86. The van der Waals surface area contributed by atoms with E-state index < -0.39 is 17.7 Å². The summed E-state index contributed by atoms with van der Waals surface area (Å²) in [6, 6.07) is 17.2. The van der Waals surface area contributed by atoms with Crippen LogP contribution in [0.4, 0.5) is 0 Å². The number of carbonyl (C=O) groups is 1. The molecular weight excluding hydrogens is 436 g/mol. The van der Waals surface area contributed by atoms with Crippen molar-refractivity contribution in [1.29, 1.82) is 0 Å². The van der Waals surface area contributed by atoms with Crippen molar-refractivity contribution in [2.24, 2.45) is 0 Å². The van der Waals surface area contributed by atoms with Crippen LogP contribution < -0.4 is 0 Å². The van der Waals surface area contributed by atoms with Gasteiger partial charge in [-0.3, -0.25) is 0 Å². The van der Waals surface area contributed by atoms with Crippen molar-refractivity contribution in [2.75, 3.05) is 0 Å². The number of aryl methyl sites for hydroxylation is 1. The number of fused-ring (bicyclic) bond motifs is 1. The number of hydrogen-bond acceptors (Lipinski definition) is 4. The van der Waals surface area contributed by atoms with Crippen LogP contribution in [0.1, 0.15) is 38.0 Å². The highest BCUT2D eigenvalue weighted by atomic mass is 35.5. The molecule has 1 atom stereocenters. The minimum atomic E-state index is -1.13. The Morgan fingerprint density at radius 1 is 1.00 bits per heavy atom. The van der Waals surface area contributed by atoms with Crippen molar-refractivity contribution in [1.82, 2.24) is 9.97 Å². The van der Waals surface area contributed by atoms with Gasteiger partial charge >= 0.3 is 5.97 Å². The van der Waals surface area contributed by atoms with Gasteiger partial charge in [-0.25, -0.2) is 14.8 Å². The Kier molecular flexibility index (Phi) is 6.19. The minimum Gasteiger partial charge on any atom is -0.479 e. The second-order valence-corrected chi connectivity index (χ2v) is 9.38. The SMILES string of the molecule is Cc1cc2cc(-c3ncccn3)ccc2c(-c2ccc(Cl)cc2)c1[C@H](OC(C)(C)C)C(=O)O. The zero-order chi connectivity index (χ0) is 23.8. The van der Waals surface area contributed by atoms with Gasteiger partial charge in [0.25, 0.3) is 0 Å². The van der Waals surface area contributed by atoms with Crippen molar-refractivity contribution >= 4 is 28.3 Å². The summed E-state index contributed by atoms with van der Waals surface area (Å²) in [6.45, 7) is 7.48. The van der Waals surface area contributed by atoms with Crippen LogP contribution in [-0.4, -0.2) is 26.6 Å². The molecule has 0 radical (unpaired) electrons. The molecule has 1 heterocycles. The van der Waals surface area contributed by atoms with Crippen LogP contribution in [0.15, 0.2) is 67.0 Å². The van der Waals surface area contributed by atoms with E-state index in [0.717, 1.165) is 33.0 Å².